The fourth-order valence-corrected chi connectivity index (χ4v) is 2.80. The van der Waals surface area contributed by atoms with Crippen molar-refractivity contribution in [2.75, 3.05) is 13.7 Å². The van der Waals surface area contributed by atoms with E-state index in [1.54, 1.807) is 38.3 Å². The number of nitrogens with zero attached hydrogens (tertiary/aromatic N) is 1. The van der Waals surface area contributed by atoms with E-state index in [1.165, 1.54) is 17.0 Å². The number of carbonyl (C=O) groups excluding carboxylic acids is 2. The van der Waals surface area contributed by atoms with E-state index < -0.39 is 17.8 Å². The summed E-state index contributed by atoms with van der Waals surface area (Å²) >= 11 is 0. The molecular formula is C23H29FN2O4. The third-order valence-electron chi connectivity index (χ3n) is 4.84. The Morgan fingerprint density at radius 3 is 2.53 bits per heavy atom. The van der Waals surface area contributed by atoms with Gasteiger partial charge in [0, 0.05) is 12.6 Å². The molecule has 6 nitrogen and oxygen atoms in total. The highest BCUT2D eigenvalue weighted by atomic mass is 19.1. The van der Waals surface area contributed by atoms with Crippen molar-refractivity contribution in [3.63, 3.8) is 0 Å². The number of hydrogen-bond donors (Lipinski definition) is 1. The zero-order valence-corrected chi connectivity index (χ0v) is 17.9. The number of para-hydroxylation sites is 1. The fourth-order valence-electron chi connectivity index (χ4n) is 2.80. The van der Waals surface area contributed by atoms with Crippen LogP contribution in [0, 0.1) is 5.82 Å². The average Bonchev–Trinajstić information content (AvgIpc) is 2.76. The lowest BCUT2D eigenvalue weighted by Crippen LogP contribution is -2.50. The molecule has 0 saturated heterocycles. The Morgan fingerprint density at radius 2 is 1.87 bits per heavy atom. The van der Waals surface area contributed by atoms with Crippen LogP contribution in [0.25, 0.3) is 0 Å². The van der Waals surface area contributed by atoms with E-state index in [1.807, 2.05) is 26.0 Å². The summed E-state index contributed by atoms with van der Waals surface area (Å²) in [6.07, 6.45) is 0.776. The topological polar surface area (TPSA) is 67.9 Å². The standard InChI is InChI=1S/C23H29FN2O4/c1-5-16(2)25-23(28)17(3)26(14-18-9-8-10-19(13-18)29-4)22(27)15-30-21-12-7-6-11-20(21)24/h6-13,16-17H,5,14-15H2,1-4H3,(H,25,28)/t16-,17+/m1/s1. The second-order valence-corrected chi connectivity index (χ2v) is 7.09. The van der Waals surface area contributed by atoms with Crippen molar-refractivity contribution in [1.82, 2.24) is 10.2 Å². The predicted octanol–water partition coefficient (Wildman–Crippen LogP) is 3.55. The number of ether oxygens (including phenoxy) is 2. The fraction of sp³-hybridized carbons (Fsp3) is 0.391. The summed E-state index contributed by atoms with van der Waals surface area (Å²) in [5, 5.41) is 2.90. The molecule has 2 amide bonds. The van der Waals surface area contributed by atoms with Gasteiger partial charge in [-0.05, 0) is 50.1 Å². The smallest absolute Gasteiger partial charge is 0.261 e. The van der Waals surface area contributed by atoms with E-state index in [4.69, 9.17) is 9.47 Å². The molecule has 0 saturated carbocycles. The minimum absolute atomic E-state index is 0.0103. The number of methoxy groups -OCH3 is 1. The van der Waals surface area contributed by atoms with E-state index in [0.717, 1.165) is 12.0 Å². The summed E-state index contributed by atoms with van der Waals surface area (Å²) in [4.78, 5) is 27.0. The first kappa shape index (κ1) is 23.2. The summed E-state index contributed by atoms with van der Waals surface area (Å²) in [5.41, 5.74) is 0.803. The van der Waals surface area contributed by atoms with Gasteiger partial charge in [0.15, 0.2) is 18.2 Å². The van der Waals surface area contributed by atoms with Gasteiger partial charge in [-0.3, -0.25) is 9.59 Å². The van der Waals surface area contributed by atoms with E-state index >= 15 is 0 Å². The van der Waals surface area contributed by atoms with Gasteiger partial charge < -0.3 is 19.7 Å². The van der Waals surface area contributed by atoms with Crippen molar-refractivity contribution < 1.29 is 23.5 Å². The van der Waals surface area contributed by atoms with Gasteiger partial charge in [0.05, 0.1) is 7.11 Å². The molecule has 0 aliphatic rings. The van der Waals surface area contributed by atoms with E-state index in [2.05, 4.69) is 5.32 Å². The van der Waals surface area contributed by atoms with Gasteiger partial charge in [-0.2, -0.15) is 0 Å². The zero-order chi connectivity index (χ0) is 22.1. The number of amides is 2. The molecule has 2 aromatic rings. The molecule has 0 aromatic heterocycles. The van der Waals surface area contributed by atoms with Crippen molar-refractivity contribution in [2.24, 2.45) is 0 Å². The summed E-state index contributed by atoms with van der Waals surface area (Å²) < 4.78 is 24.4. The average molecular weight is 416 g/mol. The van der Waals surface area contributed by atoms with Crippen LogP contribution in [0.3, 0.4) is 0 Å². The Bertz CT molecular complexity index is 859. The number of benzene rings is 2. The number of hydrogen-bond acceptors (Lipinski definition) is 4. The zero-order valence-electron chi connectivity index (χ0n) is 17.9. The molecule has 162 valence electrons. The maximum atomic E-state index is 13.8. The van der Waals surface area contributed by atoms with Crippen molar-refractivity contribution in [3.05, 3.63) is 59.9 Å². The summed E-state index contributed by atoms with van der Waals surface area (Å²) in [7, 11) is 1.56. The Balaban J connectivity index is 2.19. The third kappa shape index (κ3) is 6.47. The van der Waals surface area contributed by atoms with Gasteiger partial charge in [-0.15, -0.1) is 0 Å². The van der Waals surface area contributed by atoms with Crippen LogP contribution in [0.5, 0.6) is 11.5 Å². The highest BCUT2D eigenvalue weighted by Gasteiger charge is 2.27. The quantitative estimate of drug-likeness (QED) is 0.643. The van der Waals surface area contributed by atoms with Crippen LogP contribution in [-0.4, -0.2) is 42.5 Å². The third-order valence-corrected chi connectivity index (χ3v) is 4.84. The lowest BCUT2D eigenvalue weighted by Gasteiger charge is -2.29. The molecule has 0 bridgehead atoms. The van der Waals surface area contributed by atoms with Crippen LogP contribution < -0.4 is 14.8 Å². The molecule has 0 aliphatic heterocycles. The van der Waals surface area contributed by atoms with Crippen molar-refractivity contribution in [1.29, 1.82) is 0 Å². The molecule has 0 heterocycles. The molecule has 0 spiro atoms. The molecule has 7 heteroatoms. The van der Waals surface area contributed by atoms with Crippen LogP contribution in [-0.2, 0) is 16.1 Å². The predicted molar refractivity (Wildman–Crippen MR) is 113 cm³/mol. The van der Waals surface area contributed by atoms with Gasteiger partial charge in [0.1, 0.15) is 11.8 Å². The molecular weight excluding hydrogens is 387 g/mol. The van der Waals surface area contributed by atoms with Crippen LogP contribution >= 0.6 is 0 Å². The van der Waals surface area contributed by atoms with Gasteiger partial charge in [0.2, 0.25) is 5.91 Å². The number of carbonyl (C=O) groups is 2. The maximum absolute atomic E-state index is 13.8. The summed E-state index contributed by atoms with van der Waals surface area (Å²) in [6.45, 7) is 5.34. The SMILES string of the molecule is CC[C@@H](C)NC(=O)[C@H](C)N(Cc1cccc(OC)c1)C(=O)COc1ccccc1F. The molecule has 1 N–H and O–H groups in total. The first-order chi connectivity index (χ1) is 14.3. The molecule has 30 heavy (non-hydrogen) atoms. The normalized spacial score (nSPS) is 12.6. The van der Waals surface area contributed by atoms with Crippen LogP contribution in [0.1, 0.15) is 32.8 Å². The Hall–Kier alpha value is -3.09. The molecule has 2 atom stereocenters. The second-order valence-electron chi connectivity index (χ2n) is 7.09. The first-order valence-electron chi connectivity index (χ1n) is 9.95. The largest absolute Gasteiger partial charge is 0.497 e. The van der Waals surface area contributed by atoms with Gasteiger partial charge in [-0.1, -0.05) is 31.2 Å². The molecule has 0 radical (unpaired) electrons. The summed E-state index contributed by atoms with van der Waals surface area (Å²) in [5.74, 6) is -0.588. The van der Waals surface area contributed by atoms with Crippen molar-refractivity contribution in [3.8, 4) is 11.5 Å². The van der Waals surface area contributed by atoms with E-state index in [9.17, 15) is 14.0 Å². The first-order valence-corrected chi connectivity index (χ1v) is 9.95. The summed E-state index contributed by atoms with van der Waals surface area (Å²) in [6, 6.07) is 12.4. The lowest BCUT2D eigenvalue weighted by atomic mass is 10.1. The van der Waals surface area contributed by atoms with E-state index in [0.29, 0.717) is 5.75 Å². The lowest BCUT2D eigenvalue weighted by molar-refractivity contribution is -0.142. The van der Waals surface area contributed by atoms with Crippen LogP contribution in [0.15, 0.2) is 48.5 Å². The van der Waals surface area contributed by atoms with Crippen molar-refractivity contribution in [2.45, 2.75) is 45.8 Å². The van der Waals surface area contributed by atoms with Gasteiger partial charge in [-0.25, -0.2) is 4.39 Å². The number of rotatable bonds is 10. The molecule has 0 unspecified atom stereocenters. The highest BCUT2D eigenvalue weighted by molar-refractivity contribution is 5.88. The minimum atomic E-state index is -0.734. The Labute approximate surface area is 177 Å². The number of nitrogens with one attached hydrogen (secondary N) is 1. The van der Waals surface area contributed by atoms with Crippen LogP contribution in [0.4, 0.5) is 4.39 Å². The highest BCUT2D eigenvalue weighted by Crippen LogP contribution is 2.18. The monoisotopic (exact) mass is 416 g/mol. The van der Waals surface area contributed by atoms with Gasteiger partial charge in [0.25, 0.3) is 5.91 Å². The van der Waals surface area contributed by atoms with Crippen molar-refractivity contribution >= 4 is 11.8 Å². The van der Waals surface area contributed by atoms with Gasteiger partial charge >= 0.3 is 0 Å². The molecule has 2 aromatic carbocycles. The van der Waals surface area contributed by atoms with Crippen LogP contribution in [0.2, 0.25) is 0 Å². The Morgan fingerprint density at radius 1 is 1.13 bits per heavy atom. The molecule has 2 rings (SSSR count). The second kappa shape index (κ2) is 11.2. The number of halogens is 1. The maximum Gasteiger partial charge on any atom is 0.261 e. The minimum Gasteiger partial charge on any atom is -0.497 e. The Kier molecular flexibility index (Phi) is 8.65. The molecule has 0 fully saturated rings. The van der Waals surface area contributed by atoms with E-state index in [-0.39, 0.29) is 30.9 Å². The molecule has 0 aliphatic carbocycles.